The van der Waals surface area contributed by atoms with E-state index in [2.05, 4.69) is 34.6 Å². The van der Waals surface area contributed by atoms with Gasteiger partial charge < -0.3 is 14.4 Å². The van der Waals surface area contributed by atoms with Crippen molar-refractivity contribution in [1.82, 2.24) is 0 Å². The van der Waals surface area contributed by atoms with Gasteiger partial charge in [0.2, 0.25) is 0 Å². The van der Waals surface area contributed by atoms with Crippen molar-refractivity contribution in [3.8, 4) is 0 Å². The van der Waals surface area contributed by atoms with E-state index < -0.39 is 5.97 Å². The Labute approximate surface area is 139 Å². The number of unbranched alkanes of at least 4 members (excludes halogenated alkanes) is 9. The van der Waals surface area contributed by atoms with Gasteiger partial charge in [0.05, 0.1) is 33.7 Å². The highest BCUT2D eigenvalue weighted by atomic mass is 16.4. The average Bonchev–Trinajstić information content (AvgIpc) is 2.40. The third-order valence-electron chi connectivity index (χ3n) is 3.53. The summed E-state index contributed by atoms with van der Waals surface area (Å²) in [4.78, 5) is 9.49. The van der Waals surface area contributed by atoms with E-state index in [9.17, 15) is 9.90 Å². The summed E-state index contributed by atoms with van der Waals surface area (Å²) in [6, 6.07) is 0. The minimum atomic E-state index is -1.19. The second-order valence-electron chi connectivity index (χ2n) is 7.26. The molecule has 0 bridgehead atoms. The molecule has 22 heavy (non-hydrogen) atoms. The topological polar surface area (TPSA) is 40.1 Å². The Morgan fingerprint density at radius 2 is 1.18 bits per heavy atom. The lowest BCUT2D eigenvalue weighted by Gasteiger charge is -2.23. The Kier molecular flexibility index (Phi) is 16.1. The summed E-state index contributed by atoms with van der Waals surface area (Å²) in [6.45, 7) is 8.09. The minimum absolute atomic E-state index is 0.0648. The van der Waals surface area contributed by atoms with Crippen molar-refractivity contribution < 1.29 is 14.4 Å². The molecule has 0 unspecified atom stereocenters. The molecule has 0 aromatic carbocycles. The molecule has 0 saturated heterocycles. The molecule has 0 aliphatic rings. The zero-order valence-electron chi connectivity index (χ0n) is 15.7. The van der Waals surface area contributed by atoms with Gasteiger partial charge in [-0.2, -0.15) is 0 Å². The number of hydrogen-bond acceptors (Lipinski definition) is 2. The lowest BCUT2D eigenvalue weighted by atomic mass is 10.1. The fourth-order valence-corrected chi connectivity index (χ4v) is 2.07. The molecule has 0 atom stereocenters. The van der Waals surface area contributed by atoms with Crippen molar-refractivity contribution in [1.29, 1.82) is 0 Å². The first kappa shape index (κ1) is 23.4. The molecule has 132 valence electrons. The maximum Gasteiger partial charge on any atom is 0.0780 e. The van der Waals surface area contributed by atoms with Crippen molar-refractivity contribution in [3.05, 3.63) is 12.2 Å². The fourth-order valence-electron chi connectivity index (χ4n) is 2.07. The number of aliphatic carboxylic acids is 1. The Bertz CT molecular complexity index is 268. The van der Waals surface area contributed by atoms with Gasteiger partial charge in [-0.15, -0.1) is 0 Å². The standard InChI is InChI=1S/C15H34N.C4H6O2/c1-5-6-7-8-9-10-11-12-13-14-15-16(2,3)4;1-3(2)4(5)6/h5-15H2,1-4H3;1H2,2H3,(H,5,6)/q+1;/p-1. The molecule has 0 aliphatic heterocycles. The maximum absolute atomic E-state index is 9.49. The van der Waals surface area contributed by atoms with Crippen molar-refractivity contribution in [3.63, 3.8) is 0 Å². The van der Waals surface area contributed by atoms with Crippen LogP contribution >= 0.6 is 0 Å². The third kappa shape index (κ3) is 24.2. The van der Waals surface area contributed by atoms with E-state index in [1.165, 1.54) is 77.7 Å². The summed E-state index contributed by atoms with van der Waals surface area (Å²) in [5.41, 5.74) is 0.0648. The van der Waals surface area contributed by atoms with E-state index in [0.717, 1.165) is 4.48 Å². The lowest BCUT2D eigenvalue weighted by Crippen LogP contribution is -2.35. The lowest BCUT2D eigenvalue weighted by molar-refractivity contribution is -0.870. The second kappa shape index (κ2) is 15.1. The summed E-state index contributed by atoms with van der Waals surface area (Å²) >= 11 is 0. The van der Waals surface area contributed by atoms with Crippen molar-refractivity contribution >= 4 is 5.97 Å². The molecule has 0 aromatic rings. The number of carbonyl (C=O) groups excluding carboxylic acids is 1. The Morgan fingerprint density at radius 1 is 0.864 bits per heavy atom. The highest BCUT2D eigenvalue weighted by Crippen LogP contribution is 2.10. The second-order valence-corrected chi connectivity index (χ2v) is 7.26. The molecule has 0 heterocycles. The molecule has 0 spiro atoms. The van der Waals surface area contributed by atoms with Gasteiger partial charge in [0.1, 0.15) is 0 Å². The van der Waals surface area contributed by atoms with Gasteiger partial charge in [0.15, 0.2) is 0 Å². The Balaban J connectivity index is 0. The van der Waals surface area contributed by atoms with Crippen LogP contribution in [-0.4, -0.2) is 38.1 Å². The SMILES string of the molecule is C=C(C)C(=O)[O-].CCCCCCCCCCCC[N+](C)(C)C. The summed E-state index contributed by atoms with van der Waals surface area (Å²) < 4.78 is 1.12. The molecule has 0 radical (unpaired) electrons. The van der Waals surface area contributed by atoms with Crippen molar-refractivity contribution in [2.45, 2.75) is 78.1 Å². The number of nitrogens with zero attached hydrogens (tertiary/aromatic N) is 1. The van der Waals surface area contributed by atoms with E-state index >= 15 is 0 Å². The monoisotopic (exact) mass is 313 g/mol. The molecule has 3 nitrogen and oxygen atoms in total. The van der Waals surface area contributed by atoms with Crippen LogP contribution in [0, 0.1) is 0 Å². The van der Waals surface area contributed by atoms with Crippen LogP contribution in [0.2, 0.25) is 0 Å². The summed E-state index contributed by atoms with van der Waals surface area (Å²) in [6.07, 6.45) is 14.4. The fraction of sp³-hybridized carbons (Fsp3) is 0.842. The Morgan fingerprint density at radius 3 is 1.45 bits per heavy atom. The summed E-state index contributed by atoms with van der Waals surface area (Å²) in [5.74, 6) is -1.19. The highest BCUT2D eigenvalue weighted by molar-refractivity contribution is 5.82. The average molecular weight is 314 g/mol. The van der Waals surface area contributed by atoms with Crippen molar-refractivity contribution in [2.24, 2.45) is 0 Å². The number of carboxylic acids is 1. The predicted molar refractivity (Wildman–Crippen MR) is 94.6 cm³/mol. The van der Waals surface area contributed by atoms with Crippen LogP contribution in [0.3, 0.4) is 0 Å². The van der Waals surface area contributed by atoms with Crippen molar-refractivity contribution in [2.75, 3.05) is 27.7 Å². The third-order valence-corrected chi connectivity index (χ3v) is 3.53. The quantitative estimate of drug-likeness (QED) is 0.311. The molecule has 0 aromatic heterocycles. The minimum Gasteiger partial charge on any atom is -0.545 e. The van der Waals surface area contributed by atoms with Crippen LogP contribution in [0.4, 0.5) is 0 Å². The van der Waals surface area contributed by atoms with E-state index in [1.54, 1.807) is 0 Å². The molecule has 0 rings (SSSR count). The number of rotatable bonds is 12. The molecular formula is C19H39NO2. The van der Waals surface area contributed by atoms with E-state index in [1.807, 2.05) is 0 Å². The highest BCUT2D eigenvalue weighted by Gasteiger charge is 2.04. The summed E-state index contributed by atoms with van der Waals surface area (Å²) in [7, 11) is 6.86. The zero-order chi connectivity index (χ0) is 17.4. The summed E-state index contributed by atoms with van der Waals surface area (Å²) in [5, 5.41) is 9.49. The van der Waals surface area contributed by atoms with Gasteiger partial charge in [0.25, 0.3) is 0 Å². The first-order valence-corrected chi connectivity index (χ1v) is 8.88. The Hall–Kier alpha value is -0.830. The zero-order valence-corrected chi connectivity index (χ0v) is 15.7. The van der Waals surface area contributed by atoms with Gasteiger partial charge in [-0.1, -0.05) is 64.9 Å². The maximum atomic E-state index is 9.49. The van der Waals surface area contributed by atoms with E-state index in [0.29, 0.717) is 0 Å². The first-order chi connectivity index (χ1) is 10.2. The van der Waals surface area contributed by atoms with Gasteiger partial charge in [0, 0.05) is 0 Å². The first-order valence-electron chi connectivity index (χ1n) is 8.88. The van der Waals surface area contributed by atoms with Gasteiger partial charge >= 0.3 is 0 Å². The number of quaternary nitrogens is 1. The van der Waals surface area contributed by atoms with Crippen LogP contribution in [-0.2, 0) is 4.79 Å². The smallest absolute Gasteiger partial charge is 0.0780 e. The van der Waals surface area contributed by atoms with E-state index in [4.69, 9.17) is 0 Å². The number of carboxylic acid groups (broad SMARTS) is 1. The number of hydrogen-bond donors (Lipinski definition) is 0. The predicted octanol–water partition coefficient (Wildman–Crippen LogP) is 3.93. The molecule has 0 saturated carbocycles. The van der Waals surface area contributed by atoms with Crippen LogP contribution in [0.15, 0.2) is 12.2 Å². The molecule has 0 amide bonds. The molecule has 0 N–H and O–H groups in total. The molecule has 0 aliphatic carbocycles. The van der Waals surface area contributed by atoms with Crippen LogP contribution in [0.5, 0.6) is 0 Å². The number of carbonyl (C=O) groups is 1. The van der Waals surface area contributed by atoms with Gasteiger partial charge in [-0.05, 0) is 25.3 Å². The van der Waals surface area contributed by atoms with Crippen LogP contribution in [0.25, 0.3) is 0 Å². The largest absolute Gasteiger partial charge is 0.545 e. The van der Waals surface area contributed by atoms with Crippen LogP contribution in [0.1, 0.15) is 78.1 Å². The molecule has 0 fully saturated rings. The van der Waals surface area contributed by atoms with Crippen LogP contribution < -0.4 is 5.11 Å². The van der Waals surface area contributed by atoms with E-state index in [-0.39, 0.29) is 5.57 Å². The normalized spacial score (nSPS) is 10.8. The van der Waals surface area contributed by atoms with Gasteiger partial charge in [-0.25, -0.2) is 0 Å². The molecular weight excluding hydrogens is 274 g/mol. The molecule has 3 heteroatoms. The van der Waals surface area contributed by atoms with Gasteiger partial charge in [-0.3, -0.25) is 0 Å².